The number of fused-ring (bicyclic) bond motifs is 1. The van der Waals surface area contributed by atoms with E-state index in [0.29, 0.717) is 47.5 Å². The second-order valence-electron chi connectivity index (χ2n) is 7.09. The lowest BCUT2D eigenvalue weighted by Gasteiger charge is -2.15. The third-order valence-corrected chi connectivity index (χ3v) is 5.03. The predicted molar refractivity (Wildman–Crippen MR) is 113 cm³/mol. The number of carbonyl (C=O) groups excluding carboxylic acids is 1. The van der Waals surface area contributed by atoms with Crippen molar-refractivity contribution in [3.63, 3.8) is 0 Å². The maximum atomic E-state index is 12.7. The molecule has 1 unspecified atom stereocenters. The molecule has 0 fully saturated rings. The first-order valence-electron chi connectivity index (χ1n) is 9.98. The first kappa shape index (κ1) is 20.6. The normalized spacial score (nSPS) is 13.8. The van der Waals surface area contributed by atoms with E-state index in [-0.39, 0.29) is 17.6 Å². The van der Waals surface area contributed by atoms with Crippen LogP contribution < -0.4 is 24.3 Å². The molecular weight excluding hydrogens is 400 g/mol. The number of rotatable bonds is 6. The van der Waals surface area contributed by atoms with Gasteiger partial charge in [0.1, 0.15) is 11.5 Å². The lowest BCUT2D eigenvalue weighted by molar-refractivity contribution is 0.0930. The van der Waals surface area contributed by atoms with Crippen LogP contribution in [0.1, 0.15) is 35.4 Å². The Kier molecular flexibility index (Phi) is 5.97. The van der Waals surface area contributed by atoms with Gasteiger partial charge >= 0.3 is 0 Å². The van der Waals surface area contributed by atoms with Crippen molar-refractivity contribution in [2.45, 2.75) is 19.4 Å². The van der Waals surface area contributed by atoms with Crippen LogP contribution in [0.25, 0.3) is 11.3 Å². The van der Waals surface area contributed by atoms with E-state index in [1.54, 1.807) is 38.5 Å². The molecule has 1 aliphatic rings. The van der Waals surface area contributed by atoms with Gasteiger partial charge in [0.2, 0.25) is 0 Å². The maximum absolute atomic E-state index is 12.7. The Morgan fingerprint density at radius 3 is 2.61 bits per heavy atom. The molecule has 1 amide bonds. The number of ether oxygens (including phenoxy) is 4. The van der Waals surface area contributed by atoms with Crippen molar-refractivity contribution in [3.05, 3.63) is 53.7 Å². The predicted octanol–water partition coefficient (Wildman–Crippen LogP) is 4.01. The van der Waals surface area contributed by atoms with Gasteiger partial charge in [0.15, 0.2) is 23.0 Å². The Labute approximate surface area is 180 Å². The van der Waals surface area contributed by atoms with Crippen LogP contribution in [-0.4, -0.2) is 38.5 Å². The standard InChI is InChI=1S/C23H24N2O6/c1-14(15-5-7-20-22(11-15)30-10-4-9-29-20)24-23(26)18-13-21(31-25-18)17-12-16(27-2)6-8-19(17)28-3/h5-8,11-14H,4,9-10H2,1-3H3,(H,24,26). The topological polar surface area (TPSA) is 92.1 Å². The zero-order valence-electron chi connectivity index (χ0n) is 17.6. The van der Waals surface area contributed by atoms with Crippen molar-refractivity contribution in [3.8, 4) is 34.3 Å². The number of nitrogens with one attached hydrogen (secondary N) is 1. The Morgan fingerprint density at radius 2 is 1.84 bits per heavy atom. The van der Waals surface area contributed by atoms with Crippen LogP contribution in [0.4, 0.5) is 0 Å². The number of hydrogen-bond donors (Lipinski definition) is 1. The zero-order valence-corrected chi connectivity index (χ0v) is 17.6. The highest BCUT2D eigenvalue weighted by atomic mass is 16.5. The molecule has 1 atom stereocenters. The third kappa shape index (κ3) is 4.42. The summed E-state index contributed by atoms with van der Waals surface area (Å²) < 4.78 is 27.4. The first-order valence-corrected chi connectivity index (χ1v) is 9.98. The van der Waals surface area contributed by atoms with E-state index in [2.05, 4.69) is 10.5 Å². The summed E-state index contributed by atoms with van der Waals surface area (Å²) in [5.41, 5.74) is 1.71. The third-order valence-electron chi connectivity index (χ3n) is 5.03. The molecule has 0 aliphatic carbocycles. The average molecular weight is 424 g/mol. The number of amides is 1. The van der Waals surface area contributed by atoms with E-state index in [1.807, 2.05) is 25.1 Å². The van der Waals surface area contributed by atoms with Crippen molar-refractivity contribution in [1.29, 1.82) is 0 Å². The van der Waals surface area contributed by atoms with Crippen LogP contribution in [0.15, 0.2) is 47.0 Å². The van der Waals surface area contributed by atoms with Gasteiger partial charge in [-0.05, 0) is 42.8 Å². The fourth-order valence-electron chi connectivity index (χ4n) is 3.32. The minimum Gasteiger partial charge on any atom is -0.497 e. The van der Waals surface area contributed by atoms with Crippen LogP contribution in [0.2, 0.25) is 0 Å². The molecule has 2 aromatic carbocycles. The molecule has 1 aliphatic heterocycles. The van der Waals surface area contributed by atoms with Crippen LogP contribution in [0.5, 0.6) is 23.0 Å². The Balaban J connectivity index is 1.50. The number of methoxy groups -OCH3 is 2. The van der Waals surface area contributed by atoms with Crippen molar-refractivity contribution in [1.82, 2.24) is 10.5 Å². The fraction of sp³-hybridized carbons (Fsp3) is 0.304. The Morgan fingerprint density at radius 1 is 1.03 bits per heavy atom. The fourth-order valence-corrected chi connectivity index (χ4v) is 3.32. The molecular formula is C23H24N2O6. The van der Waals surface area contributed by atoms with Crippen LogP contribution >= 0.6 is 0 Å². The van der Waals surface area contributed by atoms with E-state index >= 15 is 0 Å². The molecule has 4 rings (SSSR count). The molecule has 8 nitrogen and oxygen atoms in total. The van der Waals surface area contributed by atoms with Crippen molar-refractivity contribution < 1.29 is 28.3 Å². The summed E-state index contributed by atoms with van der Waals surface area (Å²) in [4.78, 5) is 12.7. The van der Waals surface area contributed by atoms with Gasteiger partial charge in [0, 0.05) is 12.5 Å². The minimum atomic E-state index is -0.350. The summed E-state index contributed by atoms with van der Waals surface area (Å²) >= 11 is 0. The molecule has 1 aromatic heterocycles. The monoisotopic (exact) mass is 424 g/mol. The highest BCUT2D eigenvalue weighted by molar-refractivity contribution is 5.93. The first-order chi connectivity index (χ1) is 15.1. The smallest absolute Gasteiger partial charge is 0.273 e. The highest BCUT2D eigenvalue weighted by Gasteiger charge is 2.20. The second kappa shape index (κ2) is 8.99. The SMILES string of the molecule is COc1ccc(OC)c(-c2cc(C(=O)NC(C)c3ccc4c(c3)OCCCO4)no2)c1. The number of nitrogens with zero attached hydrogens (tertiary/aromatic N) is 1. The molecule has 0 spiro atoms. The summed E-state index contributed by atoms with van der Waals surface area (Å²) in [5, 5.41) is 6.86. The van der Waals surface area contributed by atoms with Crippen molar-refractivity contribution >= 4 is 5.91 Å². The van der Waals surface area contributed by atoms with Gasteiger partial charge < -0.3 is 28.8 Å². The highest BCUT2D eigenvalue weighted by Crippen LogP contribution is 2.34. The van der Waals surface area contributed by atoms with E-state index in [4.69, 9.17) is 23.5 Å². The zero-order chi connectivity index (χ0) is 21.8. The molecule has 3 aromatic rings. The molecule has 31 heavy (non-hydrogen) atoms. The van der Waals surface area contributed by atoms with Gasteiger partial charge in [-0.15, -0.1) is 0 Å². The molecule has 0 radical (unpaired) electrons. The van der Waals surface area contributed by atoms with E-state index in [0.717, 1.165) is 12.0 Å². The van der Waals surface area contributed by atoms with E-state index in [1.165, 1.54) is 0 Å². The van der Waals surface area contributed by atoms with Gasteiger partial charge in [0.25, 0.3) is 5.91 Å². The van der Waals surface area contributed by atoms with E-state index < -0.39 is 0 Å². The Bertz CT molecular complexity index is 1080. The summed E-state index contributed by atoms with van der Waals surface area (Å²) in [6.45, 7) is 3.13. The minimum absolute atomic E-state index is 0.168. The largest absolute Gasteiger partial charge is 0.497 e. The number of aromatic nitrogens is 1. The Hall–Kier alpha value is -3.68. The summed E-state index contributed by atoms with van der Waals surface area (Å²) in [5.74, 6) is 2.68. The van der Waals surface area contributed by atoms with Crippen LogP contribution in [-0.2, 0) is 0 Å². The number of hydrogen-bond acceptors (Lipinski definition) is 7. The van der Waals surface area contributed by atoms with E-state index in [9.17, 15) is 4.79 Å². The second-order valence-corrected chi connectivity index (χ2v) is 7.09. The molecule has 0 bridgehead atoms. The lowest BCUT2D eigenvalue weighted by Crippen LogP contribution is -2.26. The molecule has 0 saturated heterocycles. The van der Waals surface area contributed by atoms with Gasteiger partial charge in [0.05, 0.1) is 39.0 Å². The average Bonchev–Trinajstić information content (AvgIpc) is 3.17. The lowest BCUT2D eigenvalue weighted by atomic mass is 10.1. The molecule has 162 valence electrons. The summed E-state index contributed by atoms with van der Waals surface area (Å²) in [6, 6.07) is 12.3. The molecule has 2 heterocycles. The van der Waals surface area contributed by atoms with Gasteiger partial charge in [-0.25, -0.2) is 0 Å². The van der Waals surface area contributed by atoms with Gasteiger partial charge in [-0.1, -0.05) is 11.2 Å². The quantitative estimate of drug-likeness (QED) is 0.639. The van der Waals surface area contributed by atoms with Gasteiger partial charge in [-0.2, -0.15) is 0 Å². The molecule has 8 heteroatoms. The molecule has 0 saturated carbocycles. The van der Waals surface area contributed by atoms with Crippen molar-refractivity contribution in [2.75, 3.05) is 27.4 Å². The number of benzene rings is 2. The molecule has 1 N–H and O–H groups in total. The van der Waals surface area contributed by atoms with Crippen LogP contribution in [0, 0.1) is 0 Å². The number of carbonyl (C=O) groups is 1. The maximum Gasteiger partial charge on any atom is 0.273 e. The van der Waals surface area contributed by atoms with Gasteiger partial charge in [-0.3, -0.25) is 4.79 Å². The van der Waals surface area contributed by atoms with Crippen LogP contribution in [0.3, 0.4) is 0 Å². The summed E-state index contributed by atoms with van der Waals surface area (Å²) in [7, 11) is 3.14. The van der Waals surface area contributed by atoms with Crippen molar-refractivity contribution in [2.24, 2.45) is 0 Å². The summed E-state index contributed by atoms with van der Waals surface area (Å²) in [6.07, 6.45) is 0.836.